The van der Waals surface area contributed by atoms with E-state index in [0.29, 0.717) is 16.7 Å². The number of carboxylic acids is 1. The minimum absolute atomic E-state index is 0.104. The zero-order valence-corrected chi connectivity index (χ0v) is 13.4. The van der Waals surface area contributed by atoms with Crippen LogP contribution in [0.1, 0.15) is 20.9 Å². The van der Waals surface area contributed by atoms with E-state index in [4.69, 9.17) is 5.11 Å². The number of hydrogen-bond acceptors (Lipinski definition) is 4. The Morgan fingerprint density at radius 1 is 1.43 bits per heavy atom. The highest BCUT2D eigenvalue weighted by molar-refractivity contribution is 9.10. The van der Waals surface area contributed by atoms with E-state index >= 15 is 0 Å². The maximum Gasteiger partial charge on any atom is 0.335 e. The van der Waals surface area contributed by atoms with E-state index in [1.807, 2.05) is 6.92 Å². The molecule has 0 atom stereocenters. The molecule has 2 aromatic rings. The van der Waals surface area contributed by atoms with Gasteiger partial charge in [-0.25, -0.2) is 14.6 Å². The minimum Gasteiger partial charge on any atom is -0.478 e. The average molecular weight is 370 g/mol. The Hall–Kier alpha value is -1.93. The van der Waals surface area contributed by atoms with Crippen molar-refractivity contribution >= 4 is 45.0 Å². The van der Waals surface area contributed by atoms with Gasteiger partial charge in [0.25, 0.3) is 0 Å². The van der Waals surface area contributed by atoms with E-state index in [2.05, 4.69) is 31.5 Å². The van der Waals surface area contributed by atoms with Gasteiger partial charge in [0.2, 0.25) is 0 Å². The topological polar surface area (TPSA) is 91.3 Å². The molecule has 6 nitrogen and oxygen atoms in total. The van der Waals surface area contributed by atoms with Gasteiger partial charge in [0.1, 0.15) is 0 Å². The number of carbonyl (C=O) groups is 2. The summed E-state index contributed by atoms with van der Waals surface area (Å²) in [4.78, 5) is 27.8. The Morgan fingerprint density at radius 3 is 2.81 bits per heavy atom. The van der Waals surface area contributed by atoms with Gasteiger partial charge in [-0.1, -0.05) is 0 Å². The third-order valence-corrected chi connectivity index (χ3v) is 4.34. The molecule has 0 saturated carbocycles. The first-order chi connectivity index (χ1) is 9.97. The second kappa shape index (κ2) is 6.68. The van der Waals surface area contributed by atoms with Gasteiger partial charge < -0.3 is 15.7 Å². The number of thiazole rings is 1. The highest BCUT2D eigenvalue weighted by Crippen LogP contribution is 2.23. The van der Waals surface area contributed by atoms with E-state index in [0.717, 1.165) is 10.6 Å². The SMILES string of the molecule is Cc1ncsc1CNC(=O)Nc1cc(C(=O)O)ccc1Br. The summed E-state index contributed by atoms with van der Waals surface area (Å²) in [6.45, 7) is 2.25. The smallest absolute Gasteiger partial charge is 0.335 e. The summed E-state index contributed by atoms with van der Waals surface area (Å²) in [6, 6.07) is 4.01. The number of nitrogens with one attached hydrogen (secondary N) is 2. The van der Waals surface area contributed by atoms with Gasteiger partial charge in [-0.05, 0) is 41.1 Å². The number of carbonyl (C=O) groups excluding carboxylic acids is 1. The van der Waals surface area contributed by atoms with Crippen LogP contribution in [-0.2, 0) is 6.54 Å². The fraction of sp³-hybridized carbons (Fsp3) is 0.154. The van der Waals surface area contributed by atoms with E-state index in [9.17, 15) is 9.59 Å². The lowest BCUT2D eigenvalue weighted by Crippen LogP contribution is -2.28. The third-order valence-electron chi connectivity index (χ3n) is 2.72. The van der Waals surface area contributed by atoms with Crippen LogP contribution in [0.5, 0.6) is 0 Å². The van der Waals surface area contributed by atoms with Gasteiger partial charge in [-0.15, -0.1) is 11.3 Å². The van der Waals surface area contributed by atoms with E-state index in [1.54, 1.807) is 11.6 Å². The summed E-state index contributed by atoms with van der Waals surface area (Å²) >= 11 is 4.73. The van der Waals surface area contributed by atoms with E-state index in [-0.39, 0.29) is 5.56 Å². The van der Waals surface area contributed by atoms with Crippen LogP contribution in [0.3, 0.4) is 0 Å². The van der Waals surface area contributed by atoms with Crippen LogP contribution in [0, 0.1) is 6.92 Å². The molecular weight excluding hydrogens is 358 g/mol. The first kappa shape index (κ1) is 15.5. The van der Waals surface area contributed by atoms with Gasteiger partial charge in [-0.3, -0.25) is 0 Å². The van der Waals surface area contributed by atoms with E-state index < -0.39 is 12.0 Å². The summed E-state index contributed by atoms with van der Waals surface area (Å²) in [5.41, 5.74) is 3.10. The maximum absolute atomic E-state index is 11.8. The van der Waals surface area contributed by atoms with Crippen molar-refractivity contribution in [1.29, 1.82) is 0 Å². The number of aromatic nitrogens is 1. The number of carboxylic acid groups (broad SMARTS) is 1. The van der Waals surface area contributed by atoms with Crippen molar-refractivity contribution in [1.82, 2.24) is 10.3 Å². The number of aromatic carboxylic acids is 1. The molecule has 0 radical (unpaired) electrons. The minimum atomic E-state index is -1.05. The first-order valence-electron chi connectivity index (χ1n) is 5.94. The Morgan fingerprint density at radius 2 is 2.19 bits per heavy atom. The van der Waals surface area contributed by atoms with Gasteiger partial charge >= 0.3 is 12.0 Å². The van der Waals surface area contributed by atoms with Crippen molar-refractivity contribution in [3.63, 3.8) is 0 Å². The molecule has 0 aliphatic heterocycles. The molecule has 1 aromatic carbocycles. The predicted molar refractivity (Wildman–Crippen MR) is 83.8 cm³/mol. The first-order valence-corrected chi connectivity index (χ1v) is 7.61. The molecular formula is C13H12BrN3O3S. The molecule has 1 heterocycles. The monoisotopic (exact) mass is 369 g/mol. The lowest BCUT2D eigenvalue weighted by Gasteiger charge is -2.09. The molecule has 110 valence electrons. The Balaban J connectivity index is 2.01. The predicted octanol–water partition coefficient (Wildman–Crippen LogP) is 3.23. The lowest BCUT2D eigenvalue weighted by atomic mass is 10.2. The Kier molecular flexibility index (Phi) is 4.92. The van der Waals surface area contributed by atoms with Crippen molar-refractivity contribution < 1.29 is 14.7 Å². The molecule has 0 spiro atoms. The highest BCUT2D eigenvalue weighted by atomic mass is 79.9. The third kappa shape index (κ3) is 4.02. The van der Waals surface area contributed by atoms with Gasteiger partial charge in [0, 0.05) is 9.35 Å². The number of anilines is 1. The van der Waals surface area contributed by atoms with Crippen molar-refractivity contribution in [3.8, 4) is 0 Å². The van der Waals surface area contributed by atoms with Crippen molar-refractivity contribution in [2.24, 2.45) is 0 Å². The zero-order chi connectivity index (χ0) is 15.4. The molecule has 2 rings (SSSR count). The molecule has 0 unspecified atom stereocenters. The number of halogens is 1. The summed E-state index contributed by atoms with van der Waals surface area (Å²) in [5, 5.41) is 14.3. The molecule has 2 amide bonds. The highest BCUT2D eigenvalue weighted by Gasteiger charge is 2.10. The van der Waals surface area contributed by atoms with Crippen LogP contribution in [0.2, 0.25) is 0 Å². The molecule has 0 aliphatic carbocycles. The maximum atomic E-state index is 11.8. The zero-order valence-electron chi connectivity index (χ0n) is 11.0. The Labute approximate surface area is 133 Å². The summed E-state index contributed by atoms with van der Waals surface area (Å²) in [6.07, 6.45) is 0. The van der Waals surface area contributed by atoms with Crippen LogP contribution in [0.4, 0.5) is 10.5 Å². The van der Waals surface area contributed by atoms with Crippen molar-refractivity contribution in [2.45, 2.75) is 13.5 Å². The van der Waals surface area contributed by atoms with Gasteiger partial charge in [0.15, 0.2) is 0 Å². The molecule has 0 fully saturated rings. The molecule has 0 aliphatic rings. The lowest BCUT2D eigenvalue weighted by molar-refractivity contribution is 0.0697. The molecule has 0 bridgehead atoms. The second-order valence-electron chi connectivity index (χ2n) is 4.17. The van der Waals surface area contributed by atoms with Crippen LogP contribution < -0.4 is 10.6 Å². The number of rotatable bonds is 4. The van der Waals surface area contributed by atoms with Crippen LogP contribution in [0.25, 0.3) is 0 Å². The number of amides is 2. The molecule has 1 aromatic heterocycles. The van der Waals surface area contributed by atoms with Crippen LogP contribution in [-0.4, -0.2) is 22.1 Å². The average Bonchev–Trinajstić information content (AvgIpc) is 2.84. The number of hydrogen-bond donors (Lipinski definition) is 3. The van der Waals surface area contributed by atoms with Crippen molar-refractivity contribution in [3.05, 3.63) is 44.3 Å². The summed E-state index contributed by atoms with van der Waals surface area (Å²) in [5.74, 6) is -1.05. The fourth-order valence-electron chi connectivity index (χ4n) is 1.58. The number of benzene rings is 1. The molecule has 0 saturated heterocycles. The molecule has 21 heavy (non-hydrogen) atoms. The standard InChI is InChI=1S/C13H12BrN3O3S/c1-7-11(21-6-16-7)5-15-13(20)17-10-4-8(12(18)19)2-3-9(10)14/h2-4,6H,5H2,1H3,(H,18,19)(H2,15,17,20). The second-order valence-corrected chi connectivity index (χ2v) is 5.96. The normalized spacial score (nSPS) is 10.2. The number of nitrogens with zero attached hydrogens (tertiary/aromatic N) is 1. The van der Waals surface area contributed by atoms with Gasteiger partial charge in [-0.2, -0.15) is 0 Å². The summed E-state index contributed by atoms with van der Waals surface area (Å²) in [7, 11) is 0. The van der Waals surface area contributed by atoms with Gasteiger partial charge in [0.05, 0.1) is 29.0 Å². The van der Waals surface area contributed by atoms with E-state index in [1.165, 1.54) is 23.5 Å². The molecule has 3 N–H and O–H groups in total. The molecule has 8 heteroatoms. The number of aryl methyl sites for hydroxylation is 1. The largest absolute Gasteiger partial charge is 0.478 e. The fourth-order valence-corrected chi connectivity index (χ4v) is 2.64. The quantitative estimate of drug-likeness (QED) is 0.771. The summed E-state index contributed by atoms with van der Waals surface area (Å²) < 4.78 is 0.608. The number of urea groups is 1. The Bertz CT molecular complexity index is 687. The van der Waals surface area contributed by atoms with Crippen molar-refractivity contribution in [2.75, 3.05) is 5.32 Å². The van der Waals surface area contributed by atoms with Crippen LogP contribution in [0.15, 0.2) is 28.2 Å². The van der Waals surface area contributed by atoms with Crippen LogP contribution >= 0.6 is 27.3 Å².